The number of halogens is 1. The summed E-state index contributed by atoms with van der Waals surface area (Å²) in [7, 11) is -3.64. The van der Waals surface area contributed by atoms with Crippen LogP contribution < -0.4 is 0 Å². The van der Waals surface area contributed by atoms with Crippen LogP contribution in [-0.2, 0) is 15.6 Å². The predicted molar refractivity (Wildman–Crippen MR) is 72.7 cm³/mol. The van der Waals surface area contributed by atoms with E-state index in [0.29, 0.717) is 5.02 Å². The largest absolute Gasteiger partial charge is 0.475 e. The number of carbonyl (C=O) groups is 1. The van der Waals surface area contributed by atoms with E-state index in [1.807, 2.05) is 0 Å². The molecule has 2 rings (SSSR count). The minimum atomic E-state index is -3.64. The van der Waals surface area contributed by atoms with Crippen LogP contribution in [0.5, 0.6) is 0 Å². The van der Waals surface area contributed by atoms with E-state index in [1.54, 1.807) is 13.0 Å². The molecule has 1 heterocycles. The van der Waals surface area contributed by atoms with Crippen LogP contribution >= 0.6 is 11.6 Å². The summed E-state index contributed by atoms with van der Waals surface area (Å²) in [5.41, 5.74) is 0.775. The monoisotopic (exact) mass is 314 g/mol. The second kappa shape index (κ2) is 5.30. The van der Waals surface area contributed by atoms with Crippen molar-refractivity contribution >= 4 is 27.4 Å². The highest BCUT2D eigenvalue weighted by Gasteiger charge is 2.19. The number of aromatic carboxylic acids is 1. The smallest absolute Gasteiger partial charge is 0.371 e. The van der Waals surface area contributed by atoms with Crippen molar-refractivity contribution in [2.75, 3.05) is 0 Å². The molecule has 0 atom stereocenters. The summed E-state index contributed by atoms with van der Waals surface area (Å²) in [6.07, 6.45) is 0. The maximum absolute atomic E-state index is 12.2. The Bertz CT molecular complexity index is 761. The zero-order valence-electron chi connectivity index (χ0n) is 10.5. The van der Waals surface area contributed by atoms with Gasteiger partial charge in [0, 0.05) is 5.02 Å². The number of furan rings is 1. The summed E-state index contributed by atoms with van der Waals surface area (Å²) >= 11 is 5.90. The molecule has 1 N–H and O–H groups in total. The van der Waals surface area contributed by atoms with E-state index in [-0.39, 0.29) is 16.4 Å². The van der Waals surface area contributed by atoms with Gasteiger partial charge in [0.05, 0.1) is 4.90 Å². The molecule has 0 saturated carbocycles. The first-order valence-electron chi connectivity index (χ1n) is 5.60. The number of hydrogen-bond donors (Lipinski definition) is 1. The summed E-state index contributed by atoms with van der Waals surface area (Å²) in [5, 5.41) is 9.08. The van der Waals surface area contributed by atoms with E-state index in [0.717, 1.165) is 5.56 Å². The van der Waals surface area contributed by atoms with Crippen molar-refractivity contribution in [1.29, 1.82) is 0 Å². The van der Waals surface area contributed by atoms with Crippen molar-refractivity contribution in [3.8, 4) is 0 Å². The Morgan fingerprint density at radius 1 is 1.30 bits per heavy atom. The predicted octanol–water partition coefficient (Wildman–Crippen LogP) is 2.91. The van der Waals surface area contributed by atoms with Crippen LogP contribution in [0.25, 0.3) is 0 Å². The SMILES string of the molecule is Cc1ccc(S(=O)(=O)Cc2ccc(C(=O)O)o2)cc1Cl. The fraction of sp³-hybridized carbons (Fsp3) is 0.154. The van der Waals surface area contributed by atoms with Crippen LogP contribution in [0.1, 0.15) is 21.9 Å². The maximum atomic E-state index is 12.2. The van der Waals surface area contributed by atoms with E-state index in [2.05, 4.69) is 0 Å². The first-order valence-corrected chi connectivity index (χ1v) is 7.63. The quantitative estimate of drug-likeness (QED) is 0.938. The van der Waals surface area contributed by atoms with Crippen LogP contribution in [0.15, 0.2) is 39.6 Å². The molecule has 0 aliphatic carbocycles. The zero-order chi connectivity index (χ0) is 14.9. The van der Waals surface area contributed by atoms with Crippen LogP contribution in [0.4, 0.5) is 0 Å². The van der Waals surface area contributed by atoms with Crippen molar-refractivity contribution in [3.63, 3.8) is 0 Å². The molecular formula is C13H11ClO5S. The molecule has 7 heteroatoms. The van der Waals surface area contributed by atoms with Gasteiger partial charge in [0.25, 0.3) is 0 Å². The van der Waals surface area contributed by atoms with Crippen LogP contribution in [-0.4, -0.2) is 19.5 Å². The minimum absolute atomic E-state index is 0.0686. The third kappa shape index (κ3) is 3.02. The molecule has 0 unspecified atom stereocenters. The summed E-state index contributed by atoms with van der Waals surface area (Å²) < 4.78 is 29.3. The Hall–Kier alpha value is -1.79. The van der Waals surface area contributed by atoms with Gasteiger partial charge in [-0.25, -0.2) is 13.2 Å². The molecule has 106 valence electrons. The number of benzene rings is 1. The first-order chi connectivity index (χ1) is 9.29. The molecule has 0 bridgehead atoms. The number of hydrogen-bond acceptors (Lipinski definition) is 4. The molecule has 0 aliphatic heterocycles. The highest BCUT2D eigenvalue weighted by atomic mass is 35.5. The van der Waals surface area contributed by atoms with Crippen LogP contribution in [0.3, 0.4) is 0 Å². The van der Waals surface area contributed by atoms with E-state index in [1.165, 1.54) is 24.3 Å². The highest BCUT2D eigenvalue weighted by Crippen LogP contribution is 2.23. The van der Waals surface area contributed by atoms with Crippen molar-refractivity contribution in [2.45, 2.75) is 17.6 Å². The average molecular weight is 315 g/mol. The van der Waals surface area contributed by atoms with Gasteiger partial charge < -0.3 is 9.52 Å². The van der Waals surface area contributed by atoms with Crippen molar-refractivity contribution in [1.82, 2.24) is 0 Å². The fourth-order valence-corrected chi connectivity index (χ4v) is 3.12. The molecule has 0 radical (unpaired) electrons. The molecular weight excluding hydrogens is 304 g/mol. The van der Waals surface area contributed by atoms with E-state index < -0.39 is 21.6 Å². The van der Waals surface area contributed by atoms with Gasteiger partial charge in [-0.1, -0.05) is 17.7 Å². The van der Waals surface area contributed by atoms with Crippen molar-refractivity contribution in [3.05, 3.63) is 52.4 Å². The van der Waals surface area contributed by atoms with Crippen molar-refractivity contribution in [2.24, 2.45) is 0 Å². The Morgan fingerprint density at radius 2 is 2.00 bits per heavy atom. The van der Waals surface area contributed by atoms with Gasteiger partial charge in [-0.15, -0.1) is 0 Å². The second-order valence-corrected chi connectivity index (χ2v) is 6.64. The van der Waals surface area contributed by atoms with Gasteiger partial charge in [-0.3, -0.25) is 0 Å². The summed E-state index contributed by atoms with van der Waals surface area (Å²) in [5.74, 6) is -1.89. The highest BCUT2D eigenvalue weighted by molar-refractivity contribution is 7.90. The van der Waals surface area contributed by atoms with Gasteiger partial charge in [0.15, 0.2) is 9.84 Å². The molecule has 5 nitrogen and oxygen atoms in total. The third-order valence-electron chi connectivity index (χ3n) is 2.71. The van der Waals surface area contributed by atoms with Crippen LogP contribution in [0, 0.1) is 6.92 Å². The number of rotatable bonds is 4. The first kappa shape index (κ1) is 14.6. The summed E-state index contributed by atoms with van der Waals surface area (Å²) in [6, 6.07) is 6.98. The topological polar surface area (TPSA) is 84.6 Å². The molecule has 2 aromatic rings. The number of carboxylic acid groups (broad SMARTS) is 1. The Kier molecular flexibility index (Phi) is 3.87. The normalized spacial score (nSPS) is 11.5. The lowest BCUT2D eigenvalue weighted by molar-refractivity contribution is 0.0660. The van der Waals surface area contributed by atoms with Crippen LogP contribution in [0.2, 0.25) is 5.02 Å². The van der Waals surface area contributed by atoms with Gasteiger partial charge in [-0.2, -0.15) is 0 Å². The molecule has 0 fully saturated rings. The van der Waals surface area contributed by atoms with E-state index in [9.17, 15) is 13.2 Å². The fourth-order valence-electron chi connectivity index (χ4n) is 1.61. The van der Waals surface area contributed by atoms with Gasteiger partial charge in [0.2, 0.25) is 5.76 Å². The molecule has 0 amide bonds. The van der Waals surface area contributed by atoms with Crippen molar-refractivity contribution < 1.29 is 22.7 Å². The molecule has 0 aliphatic rings. The number of aryl methyl sites for hydroxylation is 1. The van der Waals surface area contributed by atoms with E-state index >= 15 is 0 Å². The maximum Gasteiger partial charge on any atom is 0.371 e. The standard InChI is InChI=1S/C13H11ClO5S/c1-8-2-4-10(6-11(8)14)20(17,18)7-9-3-5-12(19-9)13(15)16/h2-6H,7H2,1H3,(H,15,16). The Labute approximate surface area is 120 Å². The number of carboxylic acids is 1. The lowest BCUT2D eigenvalue weighted by atomic mass is 10.2. The molecule has 0 saturated heterocycles. The van der Waals surface area contributed by atoms with E-state index in [4.69, 9.17) is 21.1 Å². The molecule has 0 spiro atoms. The Balaban J connectivity index is 2.30. The summed E-state index contributed by atoms with van der Waals surface area (Å²) in [6.45, 7) is 1.77. The minimum Gasteiger partial charge on any atom is -0.475 e. The zero-order valence-corrected chi connectivity index (χ0v) is 12.0. The van der Waals surface area contributed by atoms with Gasteiger partial charge in [0.1, 0.15) is 11.5 Å². The molecule has 20 heavy (non-hydrogen) atoms. The molecule has 1 aromatic heterocycles. The lowest BCUT2D eigenvalue weighted by Gasteiger charge is -2.04. The average Bonchev–Trinajstić information content (AvgIpc) is 2.80. The number of sulfone groups is 1. The molecule has 1 aromatic carbocycles. The van der Waals surface area contributed by atoms with Gasteiger partial charge >= 0.3 is 5.97 Å². The van der Waals surface area contributed by atoms with Gasteiger partial charge in [-0.05, 0) is 36.8 Å². The third-order valence-corrected chi connectivity index (χ3v) is 4.75. The second-order valence-electron chi connectivity index (χ2n) is 4.24. The Morgan fingerprint density at radius 3 is 2.55 bits per heavy atom. The summed E-state index contributed by atoms with van der Waals surface area (Å²) in [4.78, 5) is 10.7. The lowest BCUT2D eigenvalue weighted by Crippen LogP contribution is -2.04.